The van der Waals surface area contributed by atoms with Crippen LogP contribution in [-0.2, 0) is 6.54 Å². The van der Waals surface area contributed by atoms with Gasteiger partial charge in [0.1, 0.15) is 5.75 Å². The zero-order chi connectivity index (χ0) is 24.8. The summed E-state index contributed by atoms with van der Waals surface area (Å²) in [5.74, 6) is 0.815. The van der Waals surface area contributed by atoms with Crippen LogP contribution >= 0.6 is 11.6 Å². The minimum Gasteiger partial charge on any atom is -0.497 e. The standard InChI is InChI=1S/C25H20ClN5O4/c1-35-22-12-8-19(9-13-22)24-28-25(27-16-18-5-10-20(26)11-6-18)30(29-24)23(32)14-7-17-3-2-4-21(15-17)31(33)34/h2-15H,16H2,1H3,(H,27,28,29). The number of nitro groups is 1. The molecule has 4 aromatic rings. The fourth-order valence-electron chi connectivity index (χ4n) is 3.21. The molecule has 0 aliphatic rings. The number of rotatable bonds is 8. The Balaban J connectivity index is 1.62. The van der Waals surface area contributed by atoms with Gasteiger partial charge in [0.2, 0.25) is 5.95 Å². The number of anilines is 1. The molecule has 1 heterocycles. The van der Waals surface area contributed by atoms with Crippen LogP contribution in [0.2, 0.25) is 5.02 Å². The third-order valence-electron chi connectivity index (χ3n) is 5.03. The Morgan fingerprint density at radius 2 is 1.89 bits per heavy atom. The van der Waals surface area contributed by atoms with Crippen LogP contribution in [0.15, 0.2) is 78.9 Å². The van der Waals surface area contributed by atoms with Gasteiger partial charge in [-0.25, -0.2) is 0 Å². The van der Waals surface area contributed by atoms with E-state index in [9.17, 15) is 14.9 Å². The Hall–Kier alpha value is -4.50. The van der Waals surface area contributed by atoms with Crippen LogP contribution in [-0.4, -0.2) is 32.7 Å². The van der Waals surface area contributed by atoms with Crippen molar-refractivity contribution in [2.45, 2.75) is 6.54 Å². The number of halogens is 1. The molecular weight excluding hydrogens is 470 g/mol. The number of hydrogen-bond acceptors (Lipinski definition) is 7. The van der Waals surface area contributed by atoms with Crippen LogP contribution in [0.3, 0.4) is 0 Å². The van der Waals surface area contributed by atoms with E-state index in [1.165, 1.54) is 24.3 Å². The maximum absolute atomic E-state index is 13.0. The fourth-order valence-corrected chi connectivity index (χ4v) is 3.33. The molecule has 0 saturated heterocycles. The van der Waals surface area contributed by atoms with E-state index in [1.807, 2.05) is 12.1 Å². The number of methoxy groups -OCH3 is 1. The first-order valence-electron chi connectivity index (χ1n) is 10.5. The molecule has 0 spiro atoms. The molecule has 0 atom stereocenters. The molecule has 0 radical (unpaired) electrons. The molecule has 0 aliphatic heterocycles. The van der Waals surface area contributed by atoms with E-state index >= 15 is 0 Å². The van der Waals surface area contributed by atoms with Crippen LogP contribution in [0.1, 0.15) is 15.9 Å². The van der Waals surface area contributed by atoms with Gasteiger partial charge in [0.15, 0.2) is 5.82 Å². The molecule has 1 aromatic heterocycles. The van der Waals surface area contributed by atoms with E-state index in [0.29, 0.717) is 34.3 Å². The molecule has 0 amide bonds. The normalized spacial score (nSPS) is 10.9. The average Bonchev–Trinajstić information content (AvgIpc) is 3.31. The van der Waals surface area contributed by atoms with Crippen molar-refractivity contribution in [3.8, 4) is 17.1 Å². The number of non-ortho nitro benzene ring substituents is 1. The highest BCUT2D eigenvalue weighted by Gasteiger charge is 2.16. The van der Waals surface area contributed by atoms with Gasteiger partial charge in [0.05, 0.1) is 12.0 Å². The number of nitrogens with one attached hydrogen (secondary N) is 1. The number of ether oxygens (including phenoxy) is 1. The molecule has 3 aromatic carbocycles. The number of hydrogen-bond donors (Lipinski definition) is 1. The van der Waals surface area contributed by atoms with Crippen molar-refractivity contribution in [3.63, 3.8) is 0 Å². The predicted molar refractivity (Wildman–Crippen MR) is 134 cm³/mol. The maximum atomic E-state index is 13.0. The molecule has 0 saturated carbocycles. The number of nitrogens with zero attached hydrogens (tertiary/aromatic N) is 4. The Morgan fingerprint density at radius 3 is 2.57 bits per heavy atom. The van der Waals surface area contributed by atoms with Gasteiger partial charge in [-0.1, -0.05) is 35.9 Å². The molecule has 4 rings (SSSR count). The van der Waals surface area contributed by atoms with Gasteiger partial charge in [-0.15, -0.1) is 5.10 Å². The summed E-state index contributed by atoms with van der Waals surface area (Å²) in [5, 5.41) is 19.2. The first-order chi connectivity index (χ1) is 16.9. The van der Waals surface area contributed by atoms with Crippen LogP contribution in [0, 0.1) is 10.1 Å². The molecule has 35 heavy (non-hydrogen) atoms. The first kappa shape index (κ1) is 23.7. The number of aromatic nitrogens is 3. The highest BCUT2D eigenvalue weighted by atomic mass is 35.5. The maximum Gasteiger partial charge on any atom is 0.274 e. The lowest BCUT2D eigenvalue weighted by atomic mass is 10.2. The zero-order valence-electron chi connectivity index (χ0n) is 18.6. The summed E-state index contributed by atoms with van der Waals surface area (Å²) in [6, 6.07) is 20.4. The third kappa shape index (κ3) is 5.90. The van der Waals surface area contributed by atoms with Gasteiger partial charge < -0.3 is 10.1 Å². The minimum absolute atomic E-state index is 0.0625. The molecule has 176 valence electrons. The van der Waals surface area contributed by atoms with Crippen LogP contribution in [0.25, 0.3) is 17.5 Å². The SMILES string of the molecule is COc1ccc(-c2nc(NCc3ccc(Cl)cc3)n(C(=O)C=Cc3cccc([N+](=O)[O-])c3)n2)cc1. The van der Waals surface area contributed by atoms with Gasteiger partial charge in [-0.05, 0) is 53.6 Å². The number of nitro benzene ring substituents is 1. The minimum atomic E-state index is -0.490. The molecule has 0 bridgehead atoms. The second-order valence-corrected chi connectivity index (χ2v) is 7.84. The van der Waals surface area contributed by atoms with Crippen molar-refractivity contribution in [2.75, 3.05) is 12.4 Å². The second kappa shape index (κ2) is 10.6. The molecule has 0 fully saturated rings. The summed E-state index contributed by atoms with van der Waals surface area (Å²) < 4.78 is 6.35. The number of carbonyl (C=O) groups excluding carboxylic acids is 1. The number of benzene rings is 3. The van der Waals surface area contributed by atoms with Crippen molar-refractivity contribution in [1.29, 1.82) is 0 Å². The molecule has 10 heteroatoms. The van der Waals surface area contributed by atoms with E-state index < -0.39 is 10.8 Å². The topological polar surface area (TPSA) is 112 Å². The lowest BCUT2D eigenvalue weighted by molar-refractivity contribution is -0.384. The lowest BCUT2D eigenvalue weighted by Gasteiger charge is -2.06. The van der Waals surface area contributed by atoms with E-state index in [-0.39, 0.29) is 11.6 Å². The summed E-state index contributed by atoms with van der Waals surface area (Å²) in [6.45, 7) is 0.389. The van der Waals surface area contributed by atoms with Crippen molar-refractivity contribution in [2.24, 2.45) is 0 Å². The summed E-state index contributed by atoms with van der Waals surface area (Å²) in [4.78, 5) is 28.1. The quantitative estimate of drug-likeness (QED) is 0.198. The summed E-state index contributed by atoms with van der Waals surface area (Å²) in [7, 11) is 1.58. The van der Waals surface area contributed by atoms with E-state index in [1.54, 1.807) is 55.6 Å². The Bertz CT molecular complexity index is 1380. The molecule has 0 unspecified atom stereocenters. The van der Waals surface area contributed by atoms with Crippen LogP contribution < -0.4 is 10.1 Å². The van der Waals surface area contributed by atoms with Crippen molar-refractivity contribution < 1.29 is 14.5 Å². The highest BCUT2D eigenvalue weighted by molar-refractivity contribution is 6.30. The lowest BCUT2D eigenvalue weighted by Crippen LogP contribution is -2.14. The van der Waals surface area contributed by atoms with Gasteiger partial charge >= 0.3 is 0 Å². The molecular formula is C25H20ClN5O4. The van der Waals surface area contributed by atoms with Crippen LogP contribution in [0.4, 0.5) is 11.6 Å². The summed E-state index contributed by atoms with van der Waals surface area (Å²) in [6.07, 6.45) is 2.78. The van der Waals surface area contributed by atoms with Gasteiger partial charge in [-0.2, -0.15) is 9.67 Å². The van der Waals surface area contributed by atoms with Crippen molar-refractivity contribution in [3.05, 3.63) is 105 Å². The smallest absolute Gasteiger partial charge is 0.274 e. The van der Waals surface area contributed by atoms with Gasteiger partial charge in [0, 0.05) is 35.3 Å². The highest BCUT2D eigenvalue weighted by Crippen LogP contribution is 2.22. The van der Waals surface area contributed by atoms with Crippen molar-refractivity contribution in [1.82, 2.24) is 14.8 Å². The average molecular weight is 490 g/mol. The largest absolute Gasteiger partial charge is 0.497 e. The van der Waals surface area contributed by atoms with E-state index in [4.69, 9.17) is 16.3 Å². The van der Waals surface area contributed by atoms with Crippen LogP contribution in [0.5, 0.6) is 5.75 Å². The second-order valence-electron chi connectivity index (χ2n) is 7.40. The summed E-state index contributed by atoms with van der Waals surface area (Å²) >= 11 is 5.96. The predicted octanol–water partition coefficient (Wildman–Crippen LogP) is 5.48. The third-order valence-corrected chi connectivity index (χ3v) is 5.28. The van der Waals surface area contributed by atoms with Crippen molar-refractivity contribution >= 4 is 35.2 Å². The Kier molecular flexibility index (Phi) is 7.18. The summed E-state index contributed by atoms with van der Waals surface area (Å²) in [5.41, 5.74) is 2.09. The van der Waals surface area contributed by atoms with Gasteiger partial charge in [0.25, 0.3) is 11.6 Å². The van der Waals surface area contributed by atoms with Gasteiger partial charge in [-0.3, -0.25) is 14.9 Å². The monoisotopic (exact) mass is 489 g/mol. The van der Waals surface area contributed by atoms with E-state index in [2.05, 4.69) is 15.4 Å². The molecule has 1 N–H and O–H groups in total. The fraction of sp³-hybridized carbons (Fsp3) is 0.0800. The first-order valence-corrected chi connectivity index (χ1v) is 10.9. The Labute approximate surface area is 205 Å². The number of carbonyl (C=O) groups is 1. The molecule has 9 nitrogen and oxygen atoms in total. The zero-order valence-corrected chi connectivity index (χ0v) is 19.3. The Morgan fingerprint density at radius 1 is 1.14 bits per heavy atom. The molecule has 0 aliphatic carbocycles. The van der Waals surface area contributed by atoms with E-state index in [0.717, 1.165) is 10.2 Å². The number of allylic oxidation sites excluding steroid dienone is 1.